The molecule has 0 aromatic heterocycles. The lowest BCUT2D eigenvalue weighted by Crippen LogP contribution is -2.48. The molecule has 0 bridgehead atoms. The molecule has 84 valence electrons. The largest absolute Gasteiger partial charge is 0.444 e. The Morgan fingerprint density at radius 3 is 2.60 bits per heavy atom. The minimum absolute atomic E-state index is 0.125. The normalized spacial score (nSPS) is 24.9. The predicted molar refractivity (Wildman–Crippen MR) is 56.1 cm³/mol. The van der Waals surface area contributed by atoms with Gasteiger partial charge in [0.15, 0.2) is 0 Å². The highest BCUT2D eigenvalue weighted by Crippen LogP contribution is 2.30. The highest BCUT2D eigenvalue weighted by molar-refractivity contribution is 5.68. The molecular formula is C11H18N2O2. The predicted octanol–water partition coefficient (Wildman–Crippen LogP) is 2.20. The summed E-state index contributed by atoms with van der Waals surface area (Å²) in [7, 11) is 0. The molecule has 1 aliphatic carbocycles. The first-order valence-corrected chi connectivity index (χ1v) is 5.29. The maximum Gasteiger partial charge on any atom is 0.407 e. The van der Waals surface area contributed by atoms with Crippen molar-refractivity contribution >= 4 is 6.09 Å². The van der Waals surface area contributed by atoms with Crippen molar-refractivity contribution in [2.75, 3.05) is 0 Å². The molecule has 1 N–H and O–H groups in total. The van der Waals surface area contributed by atoms with Crippen LogP contribution in [0.1, 0.15) is 40.0 Å². The quantitative estimate of drug-likeness (QED) is 0.760. The number of hydrogen-bond donors (Lipinski definition) is 1. The van der Waals surface area contributed by atoms with Gasteiger partial charge in [-0.05, 0) is 39.5 Å². The van der Waals surface area contributed by atoms with Gasteiger partial charge in [0, 0.05) is 12.5 Å². The van der Waals surface area contributed by atoms with Gasteiger partial charge >= 0.3 is 6.09 Å². The molecule has 4 heteroatoms. The Morgan fingerprint density at radius 1 is 1.53 bits per heavy atom. The lowest BCUT2D eigenvalue weighted by Gasteiger charge is -2.36. The summed E-state index contributed by atoms with van der Waals surface area (Å²) >= 11 is 0. The van der Waals surface area contributed by atoms with E-state index in [1.807, 2.05) is 20.8 Å². The summed E-state index contributed by atoms with van der Waals surface area (Å²) in [5.74, 6) is 0.308. The maximum atomic E-state index is 11.4. The van der Waals surface area contributed by atoms with Crippen LogP contribution >= 0.6 is 0 Å². The van der Waals surface area contributed by atoms with Crippen molar-refractivity contribution in [3.63, 3.8) is 0 Å². The summed E-state index contributed by atoms with van der Waals surface area (Å²) in [5, 5.41) is 11.3. The fourth-order valence-electron chi connectivity index (χ4n) is 1.58. The van der Waals surface area contributed by atoms with Crippen molar-refractivity contribution in [2.24, 2.45) is 5.92 Å². The van der Waals surface area contributed by atoms with Gasteiger partial charge in [-0.25, -0.2) is 4.79 Å². The summed E-state index contributed by atoms with van der Waals surface area (Å²) in [4.78, 5) is 11.4. The van der Waals surface area contributed by atoms with E-state index in [0.29, 0.717) is 12.3 Å². The minimum Gasteiger partial charge on any atom is -0.444 e. The van der Waals surface area contributed by atoms with Crippen molar-refractivity contribution in [3.8, 4) is 6.07 Å². The topological polar surface area (TPSA) is 62.1 Å². The van der Waals surface area contributed by atoms with E-state index in [1.165, 1.54) is 0 Å². The molecule has 1 saturated carbocycles. The Kier molecular flexibility index (Phi) is 3.57. The third-order valence-corrected chi connectivity index (χ3v) is 2.47. The molecule has 1 amide bonds. The van der Waals surface area contributed by atoms with Gasteiger partial charge in [0.2, 0.25) is 0 Å². The number of nitrogens with zero attached hydrogens (tertiary/aromatic N) is 1. The Labute approximate surface area is 90.6 Å². The Morgan fingerprint density at radius 2 is 2.20 bits per heavy atom. The first-order chi connectivity index (χ1) is 6.92. The molecule has 0 aromatic carbocycles. The summed E-state index contributed by atoms with van der Waals surface area (Å²) < 4.78 is 5.14. The van der Waals surface area contributed by atoms with Crippen LogP contribution in [0.3, 0.4) is 0 Å². The zero-order chi connectivity index (χ0) is 11.5. The Balaban J connectivity index is 2.30. The average molecular weight is 210 g/mol. The zero-order valence-electron chi connectivity index (χ0n) is 9.54. The average Bonchev–Trinajstić information content (AvgIpc) is 2.06. The second-order valence-electron chi connectivity index (χ2n) is 4.95. The SMILES string of the molecule is CC(C)(C)OC(=O)N[C@H]1CC[C@@H]1CC#N. The summed E-state index contributed by atoms with van der Waals surface area (Å²) in [6, 6.07) is 2.25. The molecule has 0 heterocycles. The van der Waals surface area contributed by atoms with Crippen LogP contribution < -0.4 is 5.32 Å². The van der Waals surface area contributed by atoms with Gasteiger partial charge in [0.25, 0.3) is 0 Å². The number of nitrogens with one attached hydrogen (secondary N) is 1. The van der Waals surface area contributed by atoms with Crippen molar-refractivity contribution in [3.05, 3.63) is 0 Å². The molecule has 4 nitrogen and oxygen atoms in total. The third-order valence-electron chi connectivity index (χ3n) is 2.47. The van der Waals surface area contributed by atoms with Gasteiger partial charge in [-0.15, -0.1) is 0 Å². The number of carbonyl (C=O) groups is 1. The second-order valence-corrected chi connectivity index (χ2v) is 4.95. The molecular weight excluding hydrogens is 192 g/mol. The van der Waals surface area contributed by atoms with Gasteiger partial charge in [0.1, 0.15) is 5.60 Å². The van der Waals surface area contributed by atoms with E-state index < -0.39 is 5.60 Å². The number of amides is 1. The highest BCUT2D eigenvalue weighted by Gasteiger charge is 2.32. The number of rotatable bonds is 2. The highest BCUT2D eigenvalue weighted by atomic mass is 16.6. The zero-order valence-corrected chi connectivity index (χ0v) is 9.54. The van der Waals surface area contributed by atoms with E-state index in [9.17, 15) is 4.79 Å². The lowest BCUT2D eigenvalue weighted by atomic mass is 9.78. The molecule has 0 saturated heterocycles. The number of hydrogen-bond acceptors (Lipinski definition) is 3. The van der Waals surface area contributed by atoms with E-state index >= 15 is 0 Å². The molecule has 1 rings (SSSR count). The van der Waals surface area contributed by atoms with E-state index in [2.05, 4.69) is 11.4 Å². The molecule has 1 fully saturated rings. The molecule has 0 unspecified atom stereocenters. The number of nitriles is 1. The maximum absolute atomic E-state index is 11.4. The molecule has 0 radical (unpaired) electrons. The molecule has 2 atom stereocenters. The summed E-state index contributed by atoms with van der Waals surface area (Å²) in [6.45, 7) is 5.50. The standard InChI is InChI=1S/C11H18N2O2/c1-11(2,3)15-10(14)13-9-5-4-8(9)6-7-12/h8-9H,4-6H2,1-3H3,(H,13,14)/t8-,9+/m1/s1. The number of ether oxygens (including phenoxy) is 1. The second kappa shape index (κ2) is 4.52. The van der Waals surface area contributed by atoms with E-state index in [4.69, 9.17) is 10.00 Å². The molecule has 0 spiro atoms. The van der Waals surface area contributed by atoms with Crippen LogP contribution in [0.15, 0.2) is 0 Å². The Bertz CT molecular complexity index is 275. The third kappa shape index (κ3) is 3.78. The van der Waals surface area contributed by atoms with Crippen molar-refractivity contribution in [2.45, 2.75) is 51.7 Å². The molecule has 0 aliphatic heterocycles. The van der Waals surface area contributed by atoms with Crippen molar-refractivity contribution < 1.29 is 9.53 Å². The van der Waals surface area contributed by atoms with E-state index in [0.717, 1.165) is 12.8 Å². The smallest absolute Gasteiger partial charge is 0.407 e. The monoisotopic (exact) mass is 210 g/mol. The van der Waals surface area contributed by atoms with Crippen molar-refractivity contribution in [1.29, 1.82) is 5.26 Å². The molecule has 15 heavy (non-hydrogen) atoms. The van der Waals surface area contributed by atoms with Gasteiger partial charge < -0.3 is 10.1 Å². The van der Waals surface area contributed by atoms with Crippen LogP contribution in [0, 0.1) is 17.2 Å². The molecule has 0 aromatic rings. The number of carbonyl (C=O) groups excluding carboxylic acids is 1. The van der Waals surface area contributed by atoms with Gasteiger partial charge in [-0.3, -0.25) is 0 Å². The fourth-order valence-corrected chi connectivity index (χ4v) is 1.58. The van der Waals surface area contributed by atoms with Crippen molar-refractivity contribution in [1.82, 2.24) is 5.32 Å². The fraction of sp³-hybridized carbons (Fsp3) is 0.818. The van der Waals surface area contributed by atoms with Crippen LogP contribution in [-0.2, 0) is 4.74 Å². The first-order valence-electron chi connectivity index (χ1n) is 5.29. The van der Waals surface area contributed by atoms with E-state index in [1.54, 1.807) is 0 Å². The van der Waals surface area contributed by atoms with Gasteiger partial charge in [-0.1, -0.05) is 0 Å². The number of alkyl carbamates (subject to hydrolysis) is 1. The lowest BCUT2D eigenvalue weighted by molar-refractivity contribution is 0.0439. The Hall–Kier alpha value is -1.24. The van der Waals surface area contributed by atoms with Crippen LogP contribution in [0.5, 0.6) is 0 Å². The first kappa shape index (κ1) is 11.8. The summed E-state index contributed by atoms with van der Waals surface area (Å²) in [5.41, 5.74) is -0.460. The van der Waals surface area contributed by atoms with Crippen LogP contribution in [0.4, 0.5) is 4.79 Å². The van der Waals surface area contributed by atoms with Crippen LogP contribution in [0.2, 0.25) is 0 Å². The summed E-state index contributed by atoms with van der Waals surface area (Å²) in [6.07, 6.45) is 2.11. The molecule has 1 aliphatic rings. The van der Waals surface area contributed by atoms with Gasteiger partial charge in [-0.2, -0.15) is 5.26 Å². The minimum atomic E-state index is -0.460. The van der Waals surface area contributed by atoms with Gasteiger partial charge in [0.05, 0.1) is 6.07 Å². The van der Waals surface area contributed by atoms with E-state index in [-0.39, 0.29) is 12.1 Å². The van der Waals surface area contributed by atoms with Crippen LogP contribution in [-0.4, -0.2) is 17.7 Å². The van der Waals surface area contributed by atoms with Crippen LogP contribution in [0.25, 0.3) is 0 Å².